The number of ether oxygens (including phenoxy) is 2. The smallest absolute Gasteiger partial charge is 0.420 e. The number of carbonyl (C=O) groups excluding carboxylic acids is 3. The highest BCUT2D eigenvalue weighted by atomic mass is 16.6. The summed E-state index contributed by atoms with van der Waals surface area (Å²) in [4.78, 5) is 50.7. The highest BCUT2D eigenvalue weighted by molar-refractivity contribution is 5.98. The van der Waals surface area contributed by atoms with E-state index in [0.717, 1.165) is 11.1 Å². The van der Waals surface area contributed by atoms with Crippen molar-refractivity contribution in [3.05, 3.63) is 69.7 Å². The van der Waals surface area contributed by atoms with Crippen LogP contribution in [0.5, 0.6) is 0 Å². The van der Waals surface area contributed by atoms with E-state index in [4.69, 9.17) is 13.9 Å². The van der Waals surface area contributed by atoms with Crippen LogP contribution < -0.4 is 5.76 Å². The molecular weight excluding hydrogens is 488 g/mol. The summed E-state index contributed by atoms with van der Waals surface area (Å²) in [7, 11) is 1.67. The molecule has 0 aliphatic rings. The van der Waals surface area contributed by atoms with Crippen molar-refractivity contribution in [2.75, 3.05) is 20.2 Å². The molecule has 0 radical (unpaired) electrons. The van der Waals surface area contributed by atoms with Gasteiger partial charge in [-0.15, -0.1) is 0 Å². The van der Waals surface area contributed by atoms with E-state index in [1.165, 1.54) is 9.47 Å². The standard InChI is InChI=1S/C29H36N2O7/c1-6-36-26(33)17-20-10-9-11-21(16-20)19-31-23-14-13-22(18-25(23)37-28(31)35)24(32)12-7-8-15-30(5)27(34)38-29(2,3)4/h9-11,13-14,16,18H,6-8,12,15,17,19H2,1-5H3. The fraction of sp³-hybridized carbons (Fsp3) is 0.448. The van der Waals surface area contributed by atoms with E-state index in [1.54, 1.807) is 32.2 Å². The van der Waals surface area contributed by atoms with Gasteiger partial charge in [0.2, 0.25) is 0 Å². The molecule has 9 nitrogen and oxygen atoms in total. The van der Waals surface area contributed by atoms with E-state index in [2.05, 4.69) is 0 Å². The highest BCUT2D eigenvalue weighted by Gasteiger charge is 2.19. The van der Waals surface area contributed by atoms with Crippen LogP contribution in [0.4, 0.5) is 4.79 Å². The van der Waals surface area contributed by atoms with Crippen molar-refractivity contribution in [3.8, 4) is 0 Å². The molecule has 0 saturated heterocycles. The van der Waals surface area contributed by atoms with Gasteiger partial charge in [-0.1, -0.05) is 24.3 Å². The minimum absolute atomic E-state index is 0.0612. The predicted octanol–water partition coefficient (Wildman–Crippen LogP) is 4.97. The van der Waals surface area contributed by atoms with Crippen molar-refractivity contribution < 1.29 is 28.3 Å². The SMILES string of the molecule is CCOC(=O)Cc1cccc(Cn2c(=O)oc3cc(C(=O)CCCCN(C)C(=O)OC(C)(C)C)ccc32)c1. The third-order valence-corrected chi connectivity index (χ3v) is 5.83. The van der Waals surface area contributed by atoms with Crippen LogP contribution in [0.3, 0.4) is 0 Å². The fourth-order valence-corrected chi connectivity index (χ4v) is 4.00. The van der Waals surface area contributed by atoms with Gasteiger partial charge in [-0.3, -0.25) is 14.2 Å². The third-order valence-electron chi connectivity index (χ3n) is 5.83. The Hall–Kier alpha value is -3.88. The third kappa shape index (κ3) is 8.06. The summed E-state index contributed by atoms with van der Waals surface area (Å²) >= 11 is 0. The summed E-state index contributed by atoms with van der Waals surface area (Å²) in [6.07, 6.45) is 1.35. The average molecular weight is 525 g/mol. The first kappa shape index (κ1) is 28.7. The second kappa shape index (κ2) is 12.6. The molecule has 3 rings (SSSR count). The normalized spacial score (nSPS) is 11.4. The number of rotatable bonds is 11. The molecule has 0 unspecified atom stereocenters. The second-order valence-corrected chi connectivity index (χ2v) is 10.2. The maximum atomic E-state index is 12.7. The van der Waals surface area contributed by atoms with Gasteiger partial charge < -0.3 is 18.8 Å². The maximum absolute atomic E-state index is 12.7. The van der Waals surface area contributed by atoms with Gasteiger partial charge in [-0.2, -0.15) is 0 Å². The van der Waals surface area contributed by atoms with Gasteiger partial charge in [0.25, 0.3) is 0 Å². The molecular formula is C29H36N2O7. The molecule has 0 aliphatic carbocycles. The van der Waals surface area contributed by atoms with Crippen LogP contribution in [0.25, 0.3) is 11.1 Å². The Morgan fingerprint density at radius 3 is 2.47 bits per heavy atom. The first-order valence-electron chi connectivity index (χ1n) is 12.8. The molecule has 38 heavy (non-hydrogen) atoms. The molecule has 0 aliphatic heterocycles. The van der Waals surface area contributed by atoms with Crippen molar-refractivity contribution >= 4 is 28.9 Å². The molecule has 0 saturated carbocycles. The van der Waals surface area contributed by atoms with Crippen molar-refractivity contribution in [1.82, 2.24) is 9.47 Å². The molecule has 9 heteroatoms. The van der Waals surface area contributed by atoms with E-state index in [9.17, 15) is 19.2 Å². The van der Waals surface area contributed by atoms with Crippen LogP contribution in [-0.2, 0) is 27.2 Å². The Balaban J connectivity index is 1.61. The molecule has 0 atom stereocenters. The van der Waals surface area contributed by atoms with Crippen molar-refractivity contribution in [3.63, 3.8) is 0 Å². The summed E-state index contributed by atoms with van der Waals surface area (Å²) < 4.78 is 17.3. The number of unbranched alkanes of at least 4 members (excludes halogenated alkanes) is 1. The van der Waals surface area contributed by atoms with Gasteiger partial charge in [-0.05, 0) is 69.9 Å². The molecule has 204 valence electrons. The topological polar surface area (TPSA) is 108 Å². The largest absolute Gasteiger partial charge is 0.466 e. The maximum Gasteiger partial charge on any atom is 0.420 e. The molecule has 0 fully saturated rings. The monoisotopic (exact) mass is 524 g/mol. The average Bonchev–Trinajstić information content (AvgIpc) is 3.14. The van der Waals surface area contributed by atoms with Crippen LogP contribution in [0, 0.1) is 0 Å². The molecule has 2 aromatic carbocycles. The highest BCUT2D eigenvalue weighted by Crippen LogP contribution is 2.19. The molecule has 0 N–H and O–H groups in total. The van der Waals surface area contributed by atoms with E-state index in [1.807, 2.05) is 45.0 Å². The number of esters is 1. The van der Waals surface area contributed by atoms with Crippen LogP contribution in [-0.4, -0.2) is 53.1 Å². The van der Waals surface area contributed by atoms with E-state index in [-0.39, 0.29) is 30.8 Å². The lowest BCUT2D eigenvalue weighted by Gasteiger charge is -2.24. The van der Waals surface area contributed by atoms with E-state index < -0.39 is 11.4 Å². The van der Waals surface area contributed by atoms with Gasteiger partial charge in [0.1, 0.15) is 5.60 Å². The molecule has 0 spiro atoms. The lowest BCUT2D eigenvalue weighted by molar-refractivity contribution is -0.142. The minimum atomic E-state index is -0.554. The lowest BCUT2D eigenvalue weighted by atomic mass is 10.0. The summed E-state index contributed by atoms with van der Waals surface area (Å²) in [5, 5.41) is 0. The molecule has 3 aromatic rings. The number of nitrogens with zero attached hydrogens (tertiary/aromatic N) is 2. The molecule has 1 aromatic heterocycles. The van der Waals surface area contributed by atoms with Gasteiger partial charge in [-0.25, -0.2) is 9.59 Å². The van der Waals surface area contributed by atoms with Crippen molar-refractivity contribution in [1.29, 1.82) is 0 Å². The lowest BCUT2D eigenvalue weighted by Crippen LogP contribution is -2.34. The summed E-state index contributed by atoms with van der Waals surface area (Å²) in [5.74, 6) is -0.887. The number of aromatic nitrogens is 1. The Morgan fingerprint density at radius 2 is 1.76 bits per heavy atom. The number of ketones is 1. The van der Waals surface area contributed by atoms with Crippen LogP contribution in [0.2, 0.25) is 0 Å². The van der Waals surface area contributed by atoms with Crippen LogP contribution >= 0.6 is 0 Å². The number of Topliss-reactive ketones (excluding diaryl/α,β-unsaturated/α-hetero) is 1. The number of oxazole rings is 1. The summed E-state index contributed by atoms with van der Waals surface area (Å²) in [6.45, 7) is 8.28. The van der Waals surface area contributed by atoms with Crippen molar-refractivity contribution in [2.45, 2.75) is 65.5 Å². The zero-order valence-electron chi connectivity index (χ0n) is 22.7. The Morgan fingerprint density at radius 1 is 1.03 bits per heavy atom. The van der Waals surface area contributed by atoms with Crippen LogP contribution in [0.1, 0.15) is 68.4 Å². The Labute approximate surface area is 222 Å². The molecule has 1 amide bonds. The van der Waals surface area contributed by atoms with Gasteiger partial charge in [0.15, 0.2) is 11.4 Å². The van der Waals surface area contributed by atoms with Crippen LogP contribution in [0.15, 0.2) is 51.7 Å². The van der Waals surface area contributed by atoms with E-state index >= 15 is 0 Å². The van der Waals surface area contributed by atoms with Gasteiger partial charge in [0, 0.05) is 25.6 Å². The summed E-state index contributed by atoms with van der Waals surface area (Å²) in [6, 6.07) is 12.4. The Bertz CT molecular complexity index is 1350. The minimum Gasteiger partial charge on any atom is -0.466 e. The number of hydrogen-bond acceptors (Lipinski definition) is 7. The molecule has 0 bridgehead atoms. The second-order valence-electron chi connectivity index (χ2n) is 10.2. The number of carbonyl (C=O) groups is 3. The molecule has 1 heterocycles. The number of amides is 1. The number of benzene rings is 2. The fourth-order valence-electron chi connectivity index (χ4n) is 4.00. The number of fused-ring (bicyclic) bond motifs is 1. The quantitative estimate of drug-likeness (QED) is 0.198. The van der Waals surface area contributed by atoms with Gasteiger partial charge in [0.05, 0.1) is 25.1 Å². The number of hydrogen-bond donors (Lipinski definition) is 0. The first-order valence-corrected chi connectivity index (χ1v) is 12.8. The predicted molar refractivity (Wildman–Crippen MR) is 143 cm³/mol. The van der Waals surface area contributed by atoms with Crippen molar-refractivity contribution in [2.24, 2.45) is 0 Å². The van der Waals surface area contributed by atoms with E-state index in [0.29, 0.717) is 49.1 Å². The van der Waals surface area contributed by atoms with Gasteiger partial charge >= 0.3 is 17.8 Å². The Kier molecular flexibility index (Phi) is 9.50. The summed E-state index contributed by atoms with van der Waals surface area (Å²) in [5.41, 5.74) is 2.48. The zero-order valence-corrected chi connectivity index (χ0v) is 22.7. The first-order chi connectivity index (χ1) is 18.0. The zero-order chi connectivity index (χ0) is 27.9.